The lowest BCUT2D eigenvalue weighted by molar-refractivity contribution is 0.667. The predicted molar refractivity (Wildman–Crippen MR) is 300 cm³/mol. The lowest BCUT2D eigenvalue weighted by atomic mass is 9.56. The zero-order chi connectivity index (χ0) is 49.2. The van der Waals surface area contributed by atoms with E-state index in [4.69, 9.17) is 139 Å². The number of nitrogens with zero attached hydrogens (tertiary/aromatic N) is 6. The van der Waals surface area contributed by atoms with E-state index >= 15 is 0 Å². The first kappa shape index (κ1) is 45.6. The van der Waals surface area contributed by atoms with Crippen LogP contribution in [-0.4, -0.2) is 139 Å². The number of furan rings is 1. The van der Waals surface area contributed by atoms with Crippen LogP contribution < -0.4 is 76.5 Å². The molecule has 0 aliphatic carbocycles. The van der Waals surface area contributed by atoms with E-state index in [1.54, 1.807) is 0 Å². The third-order valence-electron chi connectivity index (χ3n) is 12.8. The number of hydrogen-bond acceptors (Lipinski definition) is 6. The Hall–Kier alpha value is -6.86. The molecule has 0 aliphatic heterocycles. The third-order valence-corrected chi connectivity index (χ3v) is 12.8. The molecule has 7 aromatic carbocycles. The van der Waals surface area contributed by atoms with Crippen molar-refractivity contribution >= 4 is 230 Å². The molecule has 0 saturated heterocycles. The molecule has 0 saturated carbocycles. The van der Waals surface area contributed by atoms with Crippen molar-refractivity contribution in [3.8, 4) is 62.5 Å². The van der Waals surface area contributed by atoms with Crippen LogP contribution in [0, 0.1) is 0 Å². The van der Waals surface area contributed by atoms with Crippen LogP contribution in [0.4, 0.5) is 0 Å². The molecule has 0 aliphatic rings. The molecule has 4 aromatic heterocycles. The summed E-state index contributed by atoms with van der Waals surface area (Å²) < 4.78 is 8.60. The Morgan fingerprint density at radius 3 is 1.34 bits per heavy atom. The Kier molecular flexibility index (Phi) is 11.0. The molecule has 7 nitrogen and oxygen atoms in total. The van der Waals surface area contributed by atoms with Gasteiger partial charge in [-0.3, -0.25) is 4.57 Å². The summed E-state index contributed by atoms with van der Waals surface area (Å²) in [5, 5.41) is 2.24. The summed E-state index contributed by atoms with van der Waals surface area (Å²) in [5.74, 6) is 0.270. The molecule has 70 heavy (non-hydrogen) atoms. The van der Waals surface area contributed by atoms with Gasteiger partial charge in [0.05, 0.1) is 16.4 Å². The Labute approximate surface area is 421 Å². The van der Waals surface area contributed by atoms with Crippen molar-refractivity contribution in [1.82, 2.24) is 29.5 Å². The second kappa shape index (κ2) is 16.9. The van der Waals surface area contributed by atoms with Gasteiger partial charge in [-0.05, 0) is 29.3 Å². The summed E-state index contributed by atoms with van der Waals surface area (Å²) in [5.41, 5.74) is 4.18. The third kappa shape index (κ3) is 6.74. The molecule has 290 valence electrons. The molecule has 28 radical (unpaired) electrons. The monoisotopic (exact) mass is 858 g/mol. The summed E-state index contributed by atoms with van der Waals surface area (Å²) in [4.78, 5) is 25.4. The van der Waals surface area contributed by atoms with Gasteiger partial charge in [0.1, 0.15) is 127 Å². The first-order valence-electron chi connectivity index (χ1n) is 21.4. The zero-order valence-corrected chi connectivity index (χ0v) is 36.9. The Morgan fingerprint density at radius 2 is 0.800 bits per heavy atom. The summed E-state index contributed by atoms with van der Waals surface area (Å²) >= 11 is 0. The van der Waals surface area contributed by atoms with Gasteiger partial charge in [0.15, 0.2) is 23.1 Å². The fourth-order valence-electron chi connectivity index (χ4n) is 9.13. The van der Waals surface area contributed by atoms with Gasteiger partial charge in [-0.25, -0.2) is 15.0 Å². The Bertz CT molecular complexity index is 3980. The standard InChI is InChI=1S/C49H16B14N6O/c50-28-24(25-30(52)36(58)40(62)37(59)31(25)53)29(51)33(55)26(32(28)54)47-66-48(27-34(56)38(60)41(63)39(61)35(27)57)68-49(67-47)69-21-14-8-7-13-19(21)20-15-16-22-23(44(20)69)43-45(70-22)42(17-9-3-1-4-10-17)64-46(65-43)18-11-5-2-6-12-18/h1-16H. The highest BCUT2D eigenvalue weighted by molar-refractivity contribution is 6.71. The highest BCUT2D eigenvalue weighted by atomic mass is 16.3. The van der Waals surface area contributed by atoms with E-state index in [1.807, 2.05) is 102 Å². The van der Waals surface area contributed by atoms with E-state index in [0.717, 1.165) is 21.9 Å². The fraction of sp³-hybridized carbons (Fsp3) is 0. The van der Waals surface area contributed by atoms with E-state index in [2.05, 4.69) is 0 Å². The van der Waals surface area contributed by atoms with E-state index in [-0.39, 0.29) is 116 Å². The molecular formula is C49H16B14N6O. The maximum Gasteiger partial charge on any atom is 0.238 e. The SMILES string of the molecule is [B]c1c([B])c([B])c(-c2nc(-c3c([B])c([B])c(-c4c([B])c([B])c([B])c([B])c4[B])c([B])c3[B])nc(-n3c4ccccc4c4ccc5oc6c(-c7ccccc7)nc(-c7ccccc7)nc6c5c43)n2)c([B])c1[B]. The van der Waals surface area contributed by atoms with Crippen molar-refractivity contribution in [2.24, 2.45) is 0 Å². The van der Waals surface area contributed by atoms with Crippen molar-refractivity contribution in [2.45, 2.75) is 0 Å². The van der Waals surface area contributed by atoms with Gasteiger partial charge in [0.2, 0.25) is 5.95 Å². The van der Waals surface area contributed by atoms with Crippen molar-refractivity contribution in [2.75, 3.05) is 0 Å². The lowest BCUT2D eigenvalue weighted by Gasteiger charge is -2.28. The van der Waals surface area contributed by atoms with Gasteiger partial charge in [-0.2, -0.15) is 9.97 Å². The summed E-state index contributed by atoms with van der Waals surface area (Å²) in [7, 11) is 91.9. The highest BCUT2D eigenvalue weighted by Crippen LogP contribution is 2.42. The topological polar surface area (TPSA) is 82.5 Å². The van der Waals surface area contributed by atoms with Gasteiger partial charge in [0, 0.05) is 33.0 Å². The maximum atomic E-state index is 6.97. The smallest absolute Gasteiger partial charge is 0.238 e. The second-order valence-corrected chi connectivity index (χ2v) is 16.7. The molecule has 0 N–H and O–H groups in total. The van der Waals surface area contributed by atoms with E-state index in [9.17, 15) is 0 Å². The van der Waals surface area contributed by atoms with Crippen molar-refractivity contribution in [3.63, 3.8) is 0 Å². The molecule has 4 heterocycles. The van der Waals surface area contributed by atoms with Gasteiger partial charge in [-0.1, -0.05) is 123 Å². The van der Waals surface area contributed by atoms with Crippen molar-refractivity contribution in [3.05, 3.63) is 97.1 Å². The minimum absolute atomic E-state index is 0.00173. The first-order valence-corrected chi connectivity index (χ1v) is 21.4. The first-order chi connectivity index (χ1) is 33.6. The molecule has 21 heteroatoms. The van der Waals surface area contributed by atoms with Crippen LogP contribution in [0.2, 0.25) is 0 Å². The number of rotatable bonds is 6. The minimum atomic E-state index is -0.126. The molecule has 11 aromatic rings. The normalized spacial score (nSPS) is 11.7. The van der Waals surface area contributed by atoms with Crippen LogP contribution in [0.15, 0.2) is 101 Å². The van der Waals surface area contributed by atoms with Gasteiger partial charge >= 0.3 is 0 Å². The van der Waals surface area contributed by atoms with Crippen LogP contribution >= 0.6 is 0 Å². The van der Waals surface area contributed by atoms with E-state index < -0.39 is 0 Å². The molecule has 0 amide bonds. The summed E-state index contributed by atoms with van der Waals surface area (Å²) in [6, 6.07) is 31.0. The van der Waals surface area contributed by atoms with Crippen molar-refractivity contribution < 1.29 is 4.42 Å². The number of fused-ring (bicyclic) bond motifs is 7. The highest BCUT2D eigenvalue weighted by Gasteiger charge is 2.28. The molecule has 0 unspecified atom stereocenters. The van der Waals surface area contributed by atoms with Gasteiger partial charge in [0.25, 0.3) is 0 Å². The quantitative estimate of drug-likeness (QED) is 0.156. The van der Waals surface area contributed by atoms with Crippen LogP contribution in [0.3, 0.4) is 0 Å². The lowest BCUT2D eigenvalue weighted by Crippen LogP contribution is -2.57. The van der Waals surface area contributed by atoms with Gasteiger partial charge < -0.3 is 4.42 Å². The van der Waals surface area contributed by atoms with Crippen LogP contribution in [0.1, 0.15) is 0 Å². The number of para-hydroxylation sites is 1. The van der Waals surface area contributed by atoms with E-state index in [0.29, 0.717) is 44.6 Å². The average Bonchev–Trinajstić information content (AvgIpc) is 3.93. The Balaban J connectivity index is 1.28. The predicted octanol–water partition coefficient (Wildman–Crippen LogP) is -4.89. The summed E-state index contributed by atoms with van der Waals surface area (Å²) in [6.45, 7) is 0. The molecular weight excluding hydrogens is 840 g/mol. The fourth-order valence-corrected chi connectivity index (χ4v) is 9.13. The molecule has 0 atom stereocenters. The molecule has 0 bridgehead atoms. The van der Waals surface area contributed by atoms with Crippen LogP contribution in [0.25, 0.3) is 106 Å². The number of aromatic nitrogens is 6. The number of hydrogen-bond donors (Lipinski definition) is 0. The zero-order valence-electron chi connectivity index (χ0n) is 36.9. The molecule has 0 fully saturated rings. The molecule has 11 rings (SSSR count). The van der Waals surface area contributed by atoms with Crippen LogP contribution in [0.5, 0.6) is 0 Å². The summed E-state index contributed by atoms with van der Waals surface area (Å²) in [6.07, 6.45) is 0. The average molecular weight is 856 g/mol. The molecule has 0 spiro atoms. The minimum Gasteiger partial charge on any atom is -0.452 e. The maximum absolute atomic E-state index is 6.97. The van der Waals surface area contributed by atoms with Gasteiger partial charge in [-0.15, -0.1) is 32.8 Å². The Morgan fingerprint density at radius 1 is 0.357 bits per heavy atom. The largest absolute Gasteiger partial charge is 0.452 e. The number of benzene rings is 7. The second-order valence-electron chi connectivity index (χ2n) is 16.7. The van der Waals surface area contributed by atoms with Crippen molar-refractivity contribution in [1.29, 1.82) is 0 Å². The van der Waals surface area contributed by atoms with E-state index in [1.165, 1.54) is 0 Å². The van der Waals surface area contributed by atoms with Crippen LogP contribution in [-0.2, 0) is 0 Å².